The van der Waals surface area contributed by atoms with Gasteiger partial charge in [0.05, 0.1) is 10.6 Å². The fourth-order valence-electron chi connectivity index (χ4n) is 2.21. The molecule has 0 saturated carbocycles. The van der Waals surface area contributed by atoms with Crippen molar-refractivity contribution in [1.29, 1.82) is 0 Å². The largest absolute Gasteiger partial charge is 0.352 e. The van der Waals surface area contributed by atoms with Crippen molar-refractivity contribution < 1.29 is 13.2 Å². The van der Waals surface area contributed by atoms with Gasteiger partial charge in [-0.05, 0) is 62.2 Å². The van der Waals surface area contributed by atoms with Gasteiger partial charge in [-0.15, -0.1) is 0 Å². The van der Waals surface area contributed by atoms with E-state index in [1.165, 1.54) is 12.1 Å². The first-order chi connectivity index (χ1) is 11.2. The van der Waals surface area contributed by atoms with Gasteiger partial charge in [-0.1, -0.05) is 17.7 Å². The summed E-state index contributed by atoms with van der Waals surface area (Å²) in [7, 11) is -3.81. The van der Waals surface area contributed by atoms with Gasteiger partial charge < -0.3 is 5.32 Å². The smallest absolute Gasteiger partial charge is 0.261 e. The van der Waals surface area contributed by atoms with Crippen LogP contribution in [-0.2, 0) is 10.0 Å². The second-order valence-corrected chi connectivity index (χ2v) is 7.52. The van der Waals surface area contributed by atoms with Gasteiger partial charge in [-0.3, -0.25) is 9.52 Å². The fourth-order valence-corrected chi connectivity index (χ4v) is 3.60. The number of nitrogens with one attached hydrogen (secondary N) is 2. The third-order valence-electron chi connectivity index (χ3n) is 3.53. The number of hydrogen-bond donors (Lipinski definition) is 2. The Labute approximate surface area is 147 Å². The average molecular weight is 367 g/mol. The van der Waals surface area contributed by atoms with Crippen LogP contribution in [0.5, 0.6) is 0 Å². The summed E-state index contributed by atoms with van der Waals surface area (Å²) in [6, 6.07) is 9.37. The van der Waals surface area contributed by atoms with E-state index in [4.69, 9.17) is 11.6 Å². The number of anilines is 1. The monoisotopic (exact) mass is 366 g/mol. The molecule has 0 heterocycles. The minimum Gasteiger partial charge on any atom is -0.352 e. The molecule has 0 aromatic heterocycles. The van der Waals surface area contributed by atoms with Crippen LogP contribution in [-0.4, -0.2) is 20.9 Å². The summed E-state index contributed by atoms with van der Waals surface area (Å²) in [5.74, 6) is -0.297. The highest BCUT2D eigenvalue weighted by Gasteiger charge is 2.18. The van der Waals surface area contributed by atoms with E-state index >= 15 is 0 Å². The molecular weight excluding hydrogens is 348 g/mol. The lowest BCUT2D eigenvalue weighted by Crippen LogP contribution is -2.24. The minimum atomic E-state index is -3.81. The minimum absolute atomic E-state index is 0.0312. The number of amides is 1. The van der Waals surface area contributed by atoms with Crippen molar-refractivity contribution in [2.24, 2.45) is 0 Å². The van der Waals surface area contributed by atoms with Crippen molar-refractivity contribution >= 4 is 33.2 Å². The second-order valence-electron chi connectivity index (χ2n) is 5.40. The van der Waals surface area contributed by atoms with Gasteiger partial charge in [-0.2, -0.15) is 0 Å². The van der Waals surface area contributed by atoms with E-state index in [-0.39, 0.29) is 10.8 Å². The molecule has 0 spiro atoms. The topological polar surface area (TPSA) is 75.3 Å². The van der Waals surface area contributed by atoms with Gasteiger partial charge in [0.1, 0.15) is 0 Å². The molecule has 0 aliphatic rings. The van der Waals surface area contributed by atoms with E-state index in [9.17, 15) is 13.2 Å². The predicted molar refractivity (Wildman–Crippen MR) is 96.2 cm³/mol. The molecule has 0 unspecified atom stereocenters. The summed E-state index contributed by atoms with van der Waals surface area (Å²) in [6.45, 7) is 5.80. The van der Waals surface area contributed by atoms with E-state index in [2.05, 4.69) is 10.0 Å². The van der Waals surface area contributed by atoms with Gasteiger partial charge >= 0.3 is 0 Å². The maximum absolute atomic E-state index is 12.6. The quantitative estimate of drug-likeness (QED) is 0.850. The lowest BCUT2D eigenvalue weighted by atomic mass is 10.1. The number of hydrogen-bond acceptors (Lipinski definition) is 3. The van der Waals surface area contributed by atoms with E-state index in [1.54, 1.807) is 45.0 Å². The highest BCUT2D eigenvalue weighted by molar-refractivity contribution is 7.92. The zero-order chi connectivity index (χ0) is 17.9. The summed E-state index contributed by atoms with van der Waals surface area (Å²) in [6.07, 6.45) is 0. The molecule has 2 rings (SSSR count). The zero-order valence-corrected chi connectivity index (χ0v) is 15.3. The molecule has 0 atom stereocenters. The van der Waals surface area contributed by atoms with Crippen molar-refractivity contribution in [1.82, 2.24) is 5.32 Å². The van der Waals surface area contributed by atoms with Crippen LogP contribution in [0.15, 0.2) is 41.3 Å². The second kappa shape index (κ2) is 7.23. The molecule has 0 saturated heterocycles. The highest BCUT2D eigenvalue weighted by atomic mass is 35.5. The van der Waals surface area contributed by atoms with Gasteiger partial charge in [0.2, 0.25) is 0 Å². The molecular formula is C17H19ClN2O3S. The molecule has 1 amide bonds. The number of halogens is 1. The summed E-state index contributed by atoms with van der Waals surface area (Å²) in [5.41, 5.74) is 2.21. The SMILES string of the molecule is CCNC(=O)c1cc(S(=O)(=O)Nc2ccc(Cl)cc2C)ccc1C. The van der Waals surface area contributed by atoms with Crippen LogP contribution >= 0.6 is 11.6 Å². The van der Waals surface area contributed by atoms with Crippen molar-refractivity contribution in [3.63, 3.8) is 0 Å². The Morgan fingerprint density at radius 2 is 1.79 bits per heavy atom. The molecule has 0 fully saturated rings. The molecule has 5 nitrogen and oxygen atoms in total. The third-order valence-corrected chi connectivity index (χ3v) is 5.13. The Balaban J connectivity index is 2.39. The zero-order valence-electron chi connectivity index (χ0n) is 13.7. The van der Waals surface area contributed by atoms with Crippen molar-refractivity contribution in [3.8, 4) is 0 Å². The van der Waals surface area contributed by atoms with Crippen molar-refractivity contribution in [3.05, 3.63) is 58.1 Å². The first-order valence-corrected chi connectivity index (χ1v) is 9.28. The maximum atomic E-state index is 12.6. The molecule has 2 aromatic carbocycles. The van der Waals surface area contributed by atoms with Crippen LogP contribution < -0.4 is 10.0 Å². The lowest BCUT2D eigenvalue weighted by Gasteiger charge is -2.13. The van der Waals surface area contributed by atoms with Crippen LogP contribution in [0.1, 0.15) is 28.4 Å². The Bertz CT molecular complexity index is 879. The van der Waals surface area contributed by atoms with Crippen LogP contribution in [0, 0.1) is 13.8 Å². The Kier molecular flexibility index (Phi) is 5.51. The summed E-state index contributed by atoms with van der Waals surface area (Å²) >= 11 is 5.89. The lowest BCUT2D eigenvalue weighted by molar-refractivity contribution is 0.0955. The van der Waals surface area contributed by atoms with Crippen molar-refractivity contribution in [2.75, 3.05) is 11.3 Å². The number of rotatable bonds is 5. The molecule has 0 radical (unpaired) electrons. The Morgan fingerprint density at radius 3 is 2.42 bits per heavy atom. The molecule has 128 valence electrons. The molecule has 24 heavy (non-hydrogen) atoms. The maximum Gasteiger partial charge on any atom is 0.261 e. The van der Waals surface area contributed by atoms with Gasteiger partial charge in [-0.25, -0.2) is 8.42 Å². The van der Waals surface area contributed by atoms with E-state index in [0.29, 0.717) is 33.9 Å². The molecule has 0 aliphatic carbocycles. The van der Waals surface area contributed by atoms with Gasteiger partial charge in [0.15, 0.2) is 0 Å². The van der Waals surface area contributed by atoms with Gasteiger partial charge in [0, 0.05) is 17.1 Å². The van der Waals surface area contributed by atoms with Gasteiger partial charge in [0.25, 0.3) is 15.9 Å². The molecule has 0 bridgehead atoms. The normalized spacial score (nSPS) is 11.2. The predicted octanol–water partition coefficient (Wildman–Crippen LogP) is 3.51. The summed E-state index contributed by atoms with van der Waals surface area (Å²) < 4.78 is 27.7. The first kappa shape index (κ1) is 18.3. The number of carbonyl (C=O) groups is 1. The molecule has 0 aliphatic heterocycles. The van der Waals surface area contributed by atoms with Crippen LogP contribution in [0.2, 0.25) is 5.02 Å². The number of benzene rings is 2. The summed E-state index contributed by atoms with van der Waals surface area (Å²) in [4.78, 5) is 12.1. The van der Waals surface area contributed by atoms with E-state index in [1.807, 2.05) is 0 Å². The standard InChI is InChI=1S/C17H19ClN2O3S/c1-4-19-17(21)15-10-14(7-5-11(15)2)24(22,23)20-16-8-6-13(18)9-12(16)3/h5-10,20H,4H2,1-3H3,(H,19,21). The third kappa shape index (κ3) is 4.07. The van der Waals surface area contributed by atoms with Crippen LogP contribution in [0.4, 0.5) is 5.69 Å². The molecule has 7 heteroatoms. The van der Waals surface area contributed by atoms with E-state index in [0.717, 1.165) is 0 Å². The Morgan fingerprint density at radius 1 is 1.08 bits per heavy atom. The first-order valence-electron chi connectivity index (χ1n) is 7.42. The van der Waals surface area contributed by atoms with Crippen LogP contribution in [0.3, 0.4) is 0 Å². The fraction of sp³-hybridized carbons (Fsp3) is 0.235. The molecule has 2 aromatic rings. The Hall–Kier alpha value is -2.05. The van der Waals surface area contributed by atoms with E-state index < -0.39 is 10.0 Å². The van der Waals surface area contributed by atoms with Crippen molar-refractivity contribution in [2.45, 2.75) is 25.7 Å². The number of carbonyl (C=O) groups excluding carboxylic acids is 1. The average Bonchev–Trinajstić information content (AvgIpc) is 2.50. The van der Waals surface area contributed by atoms with Crippen LogP contribution in [0.25, 0.3) is 0 Å². The number of sulfonamides is 1. The number of aryl methyl sites for hydroxylation is 2. The highest BCUT2D eigenvalue weighted by Crippen LogP contribution is 2.24. The summed E-state index contributed by atoms with van der Waals surface area (Å²) in [5, 5.41) is 3.21. The molecule has 2 N–H and O–H groups in total.